The van der Waals surface area contributed by atoms with Crippen LogP contribution in [0.4, 0.5) is 0 Å². The van der Waals surface area contributed by atoms with Crippen LogP contribution in [0.2, 0.25) is 0 Å². The Morgan fingerprint density at radius 3 is 2.29 bits per heavy atom. The van der Waals surface area contributed by atoms with Gasteiger partial charge in [-0.2, -0.15) is 0 Å². The lowest BCUT2D eigenvalue weighted by Crippen LogP contribution is -2.54. The van der Waals surface area contributed by atoms with E-state index in [1.807, 2.05) is 66.7 Å². The van der Waals surface area contributed by atoms with Gasteiger partial charge >= 0.3 is 0 Å². The predicted octanol–water partition coefficient (Wildman–Crippen LogP) is 1.13. The summed E-state index contributed by atoms with van der Waals surface area (Å²) in [6.45, 7) is 0.198. The highest BCUT2D eigenvalue weighted by Crippen LogP contribution is 2.21. The summed E-state index contributed by atoms with van der Waals surface area (Å²) in [5.41, 5.74) is 20.6. The number of guanidine groups is 1. The first-order valence-corrected chi connectivity index (χ1v) is 14.6. The van der Waals surface area contributed by atoms with E-state index >= 15 is 0 Å². The van der Waals surface area contributed by atoms with E-state index < -0.39 is 41.6 Å². The Balaban J connectivity index is 1.53. The van der Waals surface area contributed by atoms with Gasteiger partial charge in [-0.1, -0.05) is 60.7 Å². The molecule has 0 aliphatic carbocycles. The zero-order chi connectivity index (χ0) is 32.3. The van der Waals surface area contributed by atoms with E-state index in [0.29, 0.717) is 6.42 Å². The van der Waals surface area contributed by atoms with Crippen molar-refractivity contribution in [3.63, 3.8) is 0 Å². The molecule has 0 aliphatic rings. The number of hydrogen-bond acceptors (Lipinski definition) is 6. The summed E-state index contributed by atoms with van der Waals surface area (Å²) in [4.78, 5) is 58.9. The number of hydroxylamine groups is 1. The molecule has 11 N–H and O–H groups in total. The summed E-state index contributed by atoms with van der Waals surface area (Å²) in [6.07, 6.45) is 2.17. The topological polar surface area (TPSA) is 231 Å². The van der Waals surface area contributed by atoms with Crippen LogP contribution < -0.4 is 33.3 Å². The second kappa shape index (κ2) is 15.3. The third kappa shape index (κ3) is 9.03. The maximum Gasteiger partial charge on any atom is 0.244 e. The summed E-state index contributed by atoms with van der Waals surface area (Å²) < 4.78 is 0. The van der Waals surface area contributed by atoms with Crippen LogP contribution >= 0.6 is 0 Å². The number of aliphatic imine (C=N–C) groups is 1. The molecule has 45 heavy (non-hydrogen) atoms. The number of nitrogens with one attached hydrogen (secondary N) is 4. The molecular weight excluding hydrogens is 576 g/mol. The molecule has 0 aliphatic heterocycles. The molecule has 1 unspecified atom stereocenters. The SMILES string of the molecule is NC(=O)[C@H](Cc1c[nH]c2ccccc12)NC(=O)C(CCCN=C(N)N)NC(=O)[C@@H](CC(=O)NO)Cc1ccc2ccccc2c1. The second-order valence-electron chi connectivity index (χ2n) is 10.9. The van der Waals surface area contributed by atoms with Crippen LogP contribution in [0.25, 0.3) is 21.7 Å². The molecule has 4 amide bonds. The molecule has 0 fully saturated rings. The fourth-order valence-electron chi connectivity index (χ4n) is 5.25. The van der Waals surface area contributed by atoms with Crippen molar-refractivity contribution < 1.29 is 24.4 Å². The zero-order valence-electron chi connectivity index (χ0n) is 24.7. The van der Waals surface area contributed by atoms with Crippen molar-refractivity contribution in [3.05, 3.63) is 84.1 Å². The molecule has 4 aromatic rings. The number of amides is 4. The summed E-state index contributed by atoms with van der Waals surface area (Å²) >= 11 is 0. The molecule has 0 saturated heterocycles. The lowest BCUT2D eigenvalue weighted by Gasteiger charge is -2.24. The Labute approximate surface area is 259 Å². The molecule has 0 bridgehead atoms. The predicted molar refractivity (Wildman–Crippen MR) is 171 cm³/mol. The molecule has 13 nitrogen and oxygen atoms in total. The molecular formula is C32H38N8O5. The third-order valence-corrected chi connectivity index (χ3v) is 7.56. The van der Waals surface area contributed by atoms with Crippen molar-refractivity contribution in [2.24, 2.45) is 28.1 Å². The number of benzene rings is 3. The van der Waals surface area contributed by atoms with Crippen LogP contribution in [0.15, 0.2) is 77.9 Å². The lowest BCUT2D eigenvalue weighted by atomic mass is 9.93. The van der Waals surface area contributed by atoms with E-state index in [9.17, 15) is 24.4 Å². The monoisotopic (exact) mass is 614 g/mol. The Morgan fingerprint density at radius 2 is 1.56 bits per heavy atom. The van der Waals surface area contributed by atoms with Gasteiger partial charge in [-0.3, -0.25) is 29.4 Å². The first-order valence-electron chi connectivity index (χ1n) is 14.6. The van der Waals surface area contributed by atoms with Gasteiger partial charge in [0.1, 0.15) is 12.1 Å². The average molecular weight is 615 g/mol. The normalized spacial score (nSPS) is 13.0. The van der Waals surface area contributed by atoms with Crippen molar-refractivity contribution in [2.75, 3.05) is 6.54 Å². The molecule has 1 aromatic heterocycles. The number of aromatic nitrogens is 1. The second-order valence-corrected chi connectivity index (χ2v) is 10.9. The van der Waals surface area contributed by atoms with Crippen molar-refractivity contribution in [2.45, 2.75) is 44.2 Å². The third-order valence-electron chi connectivity index (χ3n) is 7.56. The number of rotatable bonds is 15. The largest absolute Gasteiger partial charge is 0.370 e. The molecule has 0 saturated carbocycles. The molecule has 3 aromatic carbocycles. The van der Waals surface area contributed by atoms with Gasteiger partial charge in [0.25, 0.3) is 0 Å². The highest BCUT2D eigenvalue weighted by molar-refractivity contribution is 5.94. The number of primary amides is 1. The van der Waals surface area contributed by atoms with Gasteiger partial charge in [-0.25, -0.2) is 5.48 Å². The van der Waals surface area contributed by atoms with Crippen LogP contribution in [0.3, 0.4) is 0 Å². The molecule has 4 rings (SSSR count). The minimum atomic E-state index is -1.10. The fraction of sp³-hybridized carbons (Fsp3) is 0.281. The number of carbonyl (C=O) groups is 4. The molecule has 236 valence electrons. The highest BCUT2D eigenvalue weighted by Gasteiger charge is 2.30. The maximum absolute atomic E-state index is 13.6. The van der Waals surface area contributed by atoms with E-state index in [2.05, 4.69) is 20.6 Å². The summed E-state index contributed by atoms with van der Waals surface area (Å²) in [7, 11) is 0. The Kier molecular flexibility index (Phi) is 11.1. The zero-order valence-corrected chi connectivity index (χ0v) is 24.7. The Morgan fingerprint density at radius 1 is 0.844 bits per heavy atom. The number of nitrogens with two attached hydrogens (primary N) is 3. The van der Waals surface area contributed by atoms with Gasteiger partial charge in [0.05, 0.1) is 5.92 Å². The van der Waals surface area contributed by atoms with Crippen LogP contribution in [-0.4, -0.2) is 58.4 Å². The quantitative estimate of drug-likeness (QED) is 0.0319. The number of carbonyl (C=O) groups excluding carboxylic acids is 4. The first kappa shape index (κ1) is 32.5. The number of H-pyrrole nitrogens is 1. The van der Waals surface area contributed by atoms with E-state index in [-0.39, 0.29) is 38.2 Å². The number of fused-ring (bicyclic) bond motifs is 2. The number of para-hydroxylation sites is 1. The Hall–Kier alpha value is -5.43. The van der Waals surface area contributed by atoms with Crippen LogP contribution in [-0.2, 0) is 32.0 Å². The van der Waals surface area contributed by atoms with Crippen LogP contribution in [0, 0.1) is 5.92 Å². The molecule has 3 atom stereocenters. The molecule has 1 heterocycles. The van der Waals surface area contributed by atoms with Gasteiger partial charge < -0.3 is 32.8 Å². The lowest BCUT2D eigenvalue weighted by molar-refractivity contribution is -0.136. The highest BCUT2D eigenvalue weighted by atomic mass is 16.5. The molecule has 0 radical (unpaired) electrons. The molecule has 13 heteroatoms. The van der Waals surface area contributed by atoms with Crippen molar-refractivity contribution in [3.8, 4) is 0 Å². The summed E-state index contributed by atoms with van der Waals surface area (Å²) in [6, 6.07) is 18.8. The molecule has 0 spiro atoms. The standard InChI is InChI=1S/C32H38N8O5/c33-29(42)27(16-23-18-37-25-9-4-3-8-24(23)25)39-31(44)26(10-5-13-36-32(34)35)38-30(43)22(17-28(41)40-45)15-19-11-12-20-6-1-2-7-21(20)14-19/h1-4,6-9,11-12,14,18,22,26-27,37,45H,5,10,13,15-17H2,(H2,33,42)(H,38,43)(H,39,44)(H,40,41)(H4,34,35,36)/t22-,26?,27+/m1/s1. The van der Waals surface area contributed by atoms with Gasteiger partial charge in [-0.05, 0) is 47.2 Å². The van der Waals surface area contributed by atoms with E-state index in [4.69, 9.17) is 17.2 Å². The van der Waals surface area contributed by atoms with Crippen molar-refractivity contribution >= 4 is 51.3 Å². The number of aromatic amines is 1. The average Bonchev–Trinajstić information content (AvgIpc) is 3.44. The minimum Gasteiger partial charge on any atom is -0.370 e. The van der Waals surface area contributed by atoms with Crippen molar-refractivity contribution in [1.29, 1.82) is 0 Å². The minimum absolute atomic E-state index is 0.113. The van der Waals surface area contributed by atoms with Gasteiger partial charge in [0, 0.05) is 36.5 Å². The van der Waals surface area contributed by atoms with Crippen LogP contribution in [0.1, 0.15) is 30.4 Å². The number of hydrogen-bond donors (Lipinski definition) is 8. The van der Waals surface area contributed by atoms with Gasteiger partial charge in [0.2, 0.25) is 23.6 Å². The summed E-state index contributed by atoms with van der Waals surface area (Å²) in [5, 5.41) is 17.5. The van der Waals surface area contributed by atoms with Gasteiger partial charge in [-0.15, -0.1) is 0 Å². The van der Waals surface area contributed by atoms with E-state index in [1.165, 1.54) is 0 Å². The smallest absolute Gasteiger partial charge is 0.244 e. The first-order chi connectivity index (χ1) is 21.6. The van der Waals surface area contributed by atoms with Crippen LogP contribution in [0.5, 0.6) is 0 Å². The van der Waals surface area contributed by atoms with Gasteiger partial charge in [0.15, 0.2) is 5.96 Å². The van der Waals surface area contributed by atoms with Crippen molar-refractivity contribution in [1.82, 2.24) is 21.1 Å². The van der Waals surface area contributed by atoms with E-state index in [1.54, 1.807) is 11.7 Å². The fourth-order valence-corrected chi connectivity index (χ4v) is 5.25. The summed E-state index contributed by atoms with van der Waals surface area (Å²) in [5.74, 6) is -3.75. The maximum atomic E-state index is 13.6. The number of nitrogens with zero attached hydrogens (tertiary/aromatic N) is 1. The van der Waals surface area contributed by atoms with E-state index in [0.717, 1.165) is 32.8 Å². The Bertz CT molecular complexity index is 1700.